The van der Waals surface area contributed by atoms with Crippen molar-refractivity contribution in [3.63, 3.8) is 0 Å². The van der Waals surface area contributed by atoms with E-state index in [-0.39, 0.29) is 11.4 Å². The summed E-state index contributed by atoms with van der Waals surface area (Å²) in [6, 6.07) is 17.2. The van der Waals surface area contributed by atoms with Gasteiger partial charge in [0.15, 0.2) is 0 Å². The SMILES string of the molecule is Cn1c(N)c(-c2cc3nc4ccccc4nc3c3ccccc23)c(=O)n(C)c1=O. The Morgan fingerprint density at radius 2 is 1.41 bits per heavy atom. The summed E-state index contributed by atoms with van der Waals surface area (Å²) in [5, 5.41) is 1.69. The van der Waals surface area contributed by atoms with E-state index in [1.165, 1.54) is 11.6 Å². The molecule has 0 fully saturated rings. The van der Waals surface area contributed by atoms with Crippen LogP contribution in [0.1, 0.15) is 0 Å². The fourth-order valence-corrected chi connectivity index (χ4v) is 3.77. The fraction of sp³-hybridized carbons (Fsp3) is 0.0909. The molecule has 0 amide bonds. The minimum atomic E-state index is -0.466. The molecule has 2 heterocycles. The molecule has 2 aromatic heterocycles. The van der Waals surface area contributed by atoms with Crippen molar-refractivity contribution < 1.29 is 0 Å². The minimum absolute atomic E-state index is 0.122. The Kier molecular flexibility index (Phi) is 3.54. The number of rotatable bonds is 1. The third-order valence-electron chi connectivity index (χ3n) is 5.33. The van der Waals surface area contributed by atoms with Gasteiger partial charge in [0.1, 0.15) is 5.82 Å². The Morgan fingerprint density at radius 3 is 2.14 bits per heavy atom. The number of hydrogen-bond acceptors (Lipinski definition) is 5. The van der Waals surface area contributed by atoms with E-state index in [2.05, 4.69) is 0 Å². The fourth-order valence-electron chi connectivity index (χ4n) is 3.77. The third kappa shape index (κ3) is 2.37. The molecule has 3 aromatic carbocycles. The van der Waals surface area contributed by atoms with Crippen molar-refractivity contribution in [3.05, 3.63) is 75.4 Å². The van der Waals surface area contributed by atoms with Crippen LogP contribution in [0.2, 0.25) is 0 Å². The summed E-state index contributed by atoms with van der Waals surface area (Å²) in [4.78, 5) is 34.8. The number of anilines is 1. The molecule has 5 aromatic rings. The van der Waals surface area contributed by atoms with Crippen LogP contribution in [0.4, 0.5) is 5.82 Å². The maximum absolute atomic E-state index is 13.0. The molecule has 0 spiro atoms. The Labute approximate surface area is 164 Å². The van der Waals surface area contributed by atoms with E-state index in [9.17, 15) is 9.59 Å². The normalized spacial score (nSPS) is 11.5. The Balaban J connectivity index is 2.01. The number of nitrogens with zero attached hydrogens (tertiary/aromatic N) is 4. The van der Waals surface area contributed by atoms with Crippen LogP contribution in [0.5, 0.6) is 0 Å². The Hall–Kier alpha value is -4.00. The lowest BCUT2D eigenvalue weighted by atomic mass is 9.97. The van der Waals surface area contributed by atoms with Gasteiger partial charge in [-0.2, -0.15) is 0 Å². The van der Waals surface area contributed by atoms with Crippen molar-refractivity contribution in [2.45, 2.75) is 0 Å². The molecule has 0 saturated heterocycles. The van der Waals surface area contributed by atoms with Crippen molar-refractivity contribution in [2.75, 3.05) is 5.73 Å². The number of fused-ring (bicyclic) bond motifs is 4. The second kappa shape index (κ2) is 6.00. The van der Waals surface area contributed by atoms with Crippen LogP contribution < -0.4 is 17.0 Å². The molecular weight excluding hydrogens is 366 g/mol. The summed E-state index contributed by atoms with van der Waals surface area (Å²) in [5.41, 5.74) is 9.21. The molecule has 0 unspecified atom stereocenters. The van der Waals surface area contributed by atoms with Crippen LogP contribution in [0, 0.1) is 0 Å². The molecule has 29 heavy (non-hydrogen) atoms. The van der Waals surface area contributed by atoms with Gasteiger partial charge in [0.05, 0.1) is 27.6 Å². The van der Waals surface area contributed by atoms with Gasteiger partial charge in [-0.1, -0.05) is 36.4 Å². The van der Waals surface area contributed by atoms with E-state index in [0.29, 0.717) is 11.1 Å². The van der Waals surface area contributed by atoms with Gasteiger partial charge >= 0.3 is 5.69 Å². The zero-order valence-electron chi connectivity index (χ0n) is 15.9. The maximum Gasteiger partial charge on any atom is 0.332 e. The standard InChI is InChI=1S/C22H17N5O2/c1-26-20(23)18(21(28)27(2)22(26)29)14-11-17-19(13-8-4-3-7-12(13)14)25-16-10-6-5-9-15(16)24-17/h3-11H,23H2,1-2H3. The molecule has 7 nitrogen and oxygen atoms in total. The highest BCUT2D eigenvalue weighted by molar-refractivity contribution is 6.13. The summed E-state index contributed by atoms with van der Waals surface area (Å²) < 4.78 is 2.35. The third-order valence-corrected chi connectivity index (χ3v) is 5.33. The molecule has 2 N–H and O–H groups in total. The van der Waals surface area contributed by atoms with Gasteiger partial charge in [0.2, 0.25) is 0 Å². The molecule has 5 rings (SSSR count). The van der Waals surface area contributed by atoms with Gasteiger partial charge in [-0.25, -0.2) is 14.8 Å². The average molecular weight is 383 g/mol. The van der Waals surface area contributed by atoms with E-state index in [1.54, 1.807) is 7.05 Å². The number of benzene rings is 3. The lowest BCUT2D eigenvalue weighted by Gasteiger charge is -2.15. The Bertz CT molecular complexity index is 1580. The molecule has 0 saturated carbocycles. The summed E-state index contributed by atoms with van der Waals surface area (Å²) in [5.74, 6) is 0.122. The highest BCUT2D eigenvalue weighted by atomic mass is 16.2. The number of nitrogen functional groups attached to an aromatic ring is 1. The second-order valence-electron chi connectivity index (χ2n) is 7.02. The van der Waals surface area contributed by atoms with Gasteiger partial charge in [-0.15, -0.1) is 0 Å². The first kappa shape index (κ1) is 17.1. The zero-order chi connectivity index (χ0) is 20.3. The monoisotopic (exact) mass is 383 g/mol. The van der Waals surface area contributed by atoms with Crippen LogP contribution >= 0.6 is 0 Å². The predicted molar refractivity (Wildman–Crippen MR) is 115 cm³/mol. The molecule has 7 heteroatoms. The lowest BCUT2D eigenvalue weighted by molar-refractivity contribution is 0.697. The van der Waals surface area contributed by atoms with E-state index in [0.717, 1.165) is 31.9 Å². The van der Waals surface area contributed by atoms with Crippen molar-refractivity contribution in [1.82, 2.24) is 19.1 Å². The zero-order valence-corrected chi connectivity index (χ0v) is 15.9. The van der Waals surface area contributed by atoms with E-state index in [4.69, 9.17) is 15.7 Å². The molecule has 0 bridgehead atoms. The topological polar surface area (TPSA) is 95.8 Å². The smallest absolute Gasteiger partial charge is 0.332 e. The van der Waals surface area contributed by atoms with Crippen LogP contribution in [-0.2, 0) is 14.1 Å². The first-order chi connectivity index (χ1) is 14.0. The van der Waals surface area contributed by atoms with Crippen LogP contribution in [0.15, 0.2) is 64.2 Å². The Morgan fingerprint density at radius 1 is 0.793 bits per heavy atom. The molecule has 0 aliphatic heterocycles. The summed E-state index contributed by atoms with van der Waals surface area (Å²) in [6.07, 6.45) is 0. The second-order valence-corrected chi connectivity index (χ2v) is 7.02. The quantitative estimate of drug-likeness (QED) is 0.355. The number of nitrogens with two attached hydrogens (primary N) is 1. The summed E-state index contributed by atoms with van der Waals surface area (Å²) in [6.45, 7) is 0. The van der Waals surface area contributed by atoms with Gasteiger partial charge in [-0.3, -0.25) is 13.9 Å². The van der Waals surface area contributed by atoms with Crippen molar-refractivity contribution in [1.29, 1.82) is 0 Å². The van der Waals surface area contributed by atoms with Crippen LogP contribution in [0.3, 0.4) is 0 Å². The molecule has 0 radical (unpaired) electrons. The van der Waals surface area contributed by atoms with Gasteiger partial charge < -0.3 is 5.73 Å². The predicted octanol–water partition coefficient (Wildman–Crippen LogP) is 2.58. The molecule has 142 valence electrons. The average Bonchev–Trinajstić information content (AvgIpc) is 2.75. The maximum atomic E-state index is 13.0. The largest absolute Gasteiger partial charge is 0.384 e. The molecule has 0 aliphatic carbocycles. The minimum Gasteiger partial charge on any atom is -0.384 e. The first-order valence-electron chi connectivity index (χ1n) is 9.11. The highest BCUT2D eigenvalue weighted by Gasteiger charge is 2.19. The van der Waals surface area contributed by atoms with Gasteiger partial charge in [0.25, 0.3) is 5.56 Å². The van der Waals surface area contributed by atoms with Crippen molar-refractivity contribution in [2.24, 2.45) is 14.1 Å². The van der Waals surface area contributed by atoms with Gasteiger partial charge in [-0.05, 0) is 23.6 Å². The van der Waals surface area contributed by atoms with Crippen molar-refractivity contribution >= 4 is 38.7 Å². The molecule has 0 aliphatic rings. The first-order valence-corrected chi connectivity index (χ1v) is 9.11. The number of aromatic nitrogens is 4. The summed E-state index contributed by atoms with van der Waals surface area (Å²) >= 11 is 0. The van der Waals surface area contributed by atoms with Crippen LogP contribution in [-0.4, -0.2) is 19.1 Å². The number of hydrogen-bond donors (Lipinski definition) is 1. The van der Waals surface area contributed by atoms with E-state index >= 15 is 0 Å². The highest BCUT2D eigenvalue weighted by Crippen LogP contribution is 2.34. The van der Waals surface area contributed by atoms with Gasteiger partial charge in [0, 0.05) is 25.0 Å². The van der Waals surface area contributed by atoms with Crippen molar-refractivity contribution in [3.8, 4) is 11.1 Å². The van der Waals surface area contributed by atoms with E-state index < -0.39 is 11.2 Å². The molecule has 0 atom stereocenters. The molecular formula is C22H17N5O2. The lowest BCUT2D eigenvalue weighted by Crippen LogP contribution is -2.39. The van der Waals surface area contributed by atoms with E-state index in [1.807, 2.05) is 54.6 Å². The van der Waals surface area contributed by atoms with Crippen LogP contribution in [0.25, 0.3) is 44.0 Å². The summed E-state index contributed by atoms with van der Waals surface area (Å²) in [7, 11) is 3.00. The number of para-hydroxylation sites is 2.